The number of hydrogen-bond acceptors (Lipinski definition) is 5. The van der Waals surface area contributed by atoms with E-state index in [9.17, 15) is 4.79 Å². The first-order chi connectivity index (χ1) is 13.1. The van der Waals surface area contributed by atoms with Gasteiger partial charge in [-0.3, -0.25) is 4.79 Å². The molecule has 0 radical (unpaired) electrons. The van der Waals surface area contributed by atoms with Crippen molar-refractivity contribution in [3.8, 4) is 11.5 Å². The van der Waals surface area contributed by atoms with Crippen molar-refractivity contribution >= 4 is 5.91 Å². The molecule has 2 N–H and O–H groups in total. The van der Waals surface area contributed by atoms with Crippen LogP contribution in [0.4, 0.5) is 0 Å². The van der Waals surface area contributed by atoms with E-state index in [2.05, 4.69) is 5.32 Å². The number of benzene rings is 1. The smallest absolute Gasteiger partial charge is 0.217 e. The second kappa shape index (κ2) is 9.42. The minimum atomic E-state index is -0.0766. The number of aliphatic hydroxyl groups is 1. The van der Waals surface area contributed by atoms with Gasteiger partial charge in [-0.05, 0) is 43.9 Å². The first kappa shape index (κ1) is 20.0. The molecule has 1 aliphatic heterocycles. The average molecular weight is 377 g/mol. The topological polar surface area (TPSA) is 77.0 Å². The van der Waals surface area contributed by atoms with E-state index >= 15 is 0 Å². The fraction of sp³-hybridized carbons (Fsp3) is 0.667. The van der Waals surface area contributed by atoms with Gasteiger partial charge in [0.2, 0.25) is 5.91 Å². The summed E-state index contributed by atoms with van der Waals surface area (Å²) in [5.41, 5.74) is 1.04. The minimum Gasteiger partial charge on any atom is -0.490 e. The fourth-order valence-corrected chi connectivity index (χ4v) is 4.34. The zero-order valence-electron chi connectivity index (χ0n) is 16.3. The monoisotopic (exact) mass is 377 g/mol. The lowest BCUT2D eigenvalue weighted by Crippen LogP contribution is -2.50. The molecular weight excluding hydrogens is 346 g/mol. The Bertz CT molecular complexity index is 635. The molecule has 1 saturated heterocycles. The maximum absolute atomic E-state index is 11.7. The van der Waals surface area contributed by atoms with Gasteiger partial charge in [-0.25, -0.2) is 0 Å². The number of hydrogen-bond donors (Lipinski definition) is 2. The zero-order valence-corrected chi connectivity index (χ0v) is 16.3. The summed E-state index contributed by atoms with van der Waals surface area (Å²) in [5, 5.41) is 12.2. The molecule has 6 heteroatoms. The standard InChI is InChI=1S/C21H31NO5/c1-3-25-21-12-15(8-9-19(21)26-11-10-23)20-13-17(22-14(2)24)16-6-4-5-7-18(16)27-20/h8-9,12,16-18,20,23H,3-7,10-11,13H2,1-2H3,(H,22,24)/t16-,17+,18+,20+/m0/s1. The van der Waals surface area contributed by atoms with Crippen molar-refractivity contribution < 1.29 is 24.1 Å². The first-order valence-corrected chi connectivity index (χ1v) is 10.0. The van der Waals surface area contributed by atoms with Crippen molar-refractivity contribution in [1.82, 2.24) is 5.32 Å². The molecule has 27 heavy (non-hydrogen) atoms. The number of amides is 1. The van der Waals surface area contributed by atoms with Gasteiger partial charge in [0, 0.05) is 18.9 Å². The molecule has 0 unspecified atom stereocenters. The number of carbonyl (C=O) groups is 1. The lowest BCUT2D eigenvalue weighted by molar-refractivity contribution is -0.131. The number of fused-ring (bicyclic) bond motifs is 1. The zero-order chi connectivity index (χ0) is 19.2. The summed E-state index contributed by atoms with van der Waals surface area (Å²) >= 11 is 0. The highest BCUT2D eigenvalue weighted by molar-refractivity contribution is 5.73. The number of carbonyl (C=O) groups excluding carboxylic acids is 1. The van der Waals surface area contributed by atoms with Crippen LogP contribution in [0.2, 0.25) is 0 Å². The highest BCUT2D eigenvalue weighted by Gasteiger charge is 2.40. The summed E-state index contributed by atoms with van der Waals surface area (Å²) in [6.45, 7) is 4.24. The molecule has 3 rings (SSSR count). The maximum Gasteiger partial charge on any atom is 0.217 e. The number of rotatable bonds is 7. The first-order valence-electron chi connectivity index (χ1n) is 10.0. The van der Waals surface area contributed by atoms with E-state index in [-0.39, 0.29) is 37.4 Å². The average Bonchev–Trinajstić information content (AvgIpc) is 2.66. The van der Waals surface area contributed by atoms with Crippen LogP contribution in [0.25, 0.3) is 0 Å². The van der Waals surface area contributed by atoms with Gasteiger partial charge in [-0.15, -0.1) is 0 Å². The van der Waals surface area contributed by atoms with Gasteiger partial charge in [0.15, 0.2) is 11.5 Å². The molecule has 1 amide bonds. The Kier molecular flexibility index (Phi) is 6.96. The van der Waals surface area contributed by atoms with Crippen LogP contribution in [0.1, 0.15) is 57.6 Å². The Morgan fingerprint density at radius 2 is 2.07 bits per heavy atom. The molecule has 1 heterocycles. The summed E-state index contributed by atoms with van der Waals surface area (Å²) < 4.78 is 17.8. The van der Waals surface area contributed by atoms with Gasteiger partial charge in [0.25, 0.3) is 0 Å². The van der Waals surface area contributed by atoms with E-state index in [0.29, 0.717) is 24.0 Å². The van der Waals surface area contributed by atoms with Gasteiger partial charge in [-0.2, -0.15) is 0 Å². The lowest BCUT2D eigenvalue weighted by atomic mass is 9.76. The Morgan fingerprint density at radius 3 is 2.81 bits per heavy atom. The third-order valence-corrected chi connectivity index (χ3v) is 5.45. The molecule has 1 aromatic carbocycles. The van der Waals surface area contributed by atoms with E-state index in [1.807, 2.05) is 25.1 Å². The summed E-state index contributed by atoms with van der Waals surface area (Å²) in [6.07, 6.45) is 5.43. The third-order valence-electron chi connectivity index (χ3n) is 5.45. The Balaban J connectivity index is 1.81. The fourth-order valence-electron chi connectivity index (χ4n) is 4.34. The molecule has 1 aliphatic carbocycles. The van der Waals surface area contributed by atoms with Crippen LogP contribution in [0.15, 0.2) is 18.2 Å². The number of nitrogens with one attached hydrogen (secondary N) is 1. The van der Waals surface area contributed by atoms with Gasteiger partial charge in [0.1, 0.15) is 6.61 Å². The predicted molar refractivity (Wildman–Crippen MR) is 102 cm³/mol. The van der Waals surface area contributed by atoms with Crippen molar-refractivity contribution in [3.05, 3.63) is 23.8 Å². The molecule has 0 spiro atoms. The van der Waals surface area contributed by atoms with E-state index in [0.717, 1.165) is 24.8 Å². The third kappa shape index (κ3) is 4.93. The van der Waals surface area contributed by atoms with Crippen molar-refractivity contribution in [3.63, 3.8) is 0 Å². The number of ether oxygens (including phenoxy) is 3. The maximum atomic E-state index is 11.7. The summed E-state index contributed by atoms with van der Waals surface area (Å²) in [4.78, 5) is 11.7. The molecule has 6 nitrogen and oxygen atoms in total. The Morgan fingerprint density at radius 1 is 1.26 bits per heavy atom. The van der Waals surface area contributed by atoms with Crippen LogP contribution in [0, 0.1) is 5.92 Å². The lowest BCUT2D eigenvalue weighted by Gasteiger charge is -2.45. The van der Waals surface area contributed by atoms with Gasteiger partial charge >= 0.3 is 0 Å². The summed E-state index contributed by atoms with van der Waals surface area (Å²) in [6, 6.07) is 5.98. The van der Waals surface area contributed by atoms with Crippen LogP contribution in [-0.2, 0) is 9.53 Å². The molecule has 2 fully saturated rings. The summed E-state index contributed by atoms with van der Waals surface area (Å²) in [5.74, 6) is 1.71. The SMILES string of the molecule is CCOc1cc([C@H]2C[C@@H](NC(C)=O)[C@@H]3CCCC[C@H]3O2)ccc1OCCO. The molecule has 2 aliphatic rings. The second-order valence-electron chi connectivity index (χ2n) is 7.37. The van der Waals surface area contributed by atoms with Crippen LogP contribution in [-0.4, -0.2) is 43.0 Å². The van der Waals surface area contributed by atoms with Crippen LogP contribution in [0.5, 0.6) is 11.5 Å². The van der Waals surface area contributed by atoms with Gasteiger partial charge < -0.3 is 24.6 Å². The largest absolute Gasteiger partial charge is 0.490 e. The molecular formula is C21H31NO5. The van der Waals surface area contributed by atoms with E-state index in [1.54, 1.807) is 6.92 Å². The number of aliphatic hydroxyl groups excluding tert-OH is 1. The van der Waals surface area contributed by atoms with Crippen LogP contribution < -0.4 is 14.8 Å². The minimum absolute atomic E-state index is 0.0210. The molecule has 1 saturated carbocycles. The highest BCUT2D eigenvalue weighted by Crippen LogP contribution is 2.43. The Hall–Kier alpha value is -1.79. The van der Waals surface area contributed by atoms with Crippen LogP contribution >= 0.6 is 0 Å². The molecule has 0 bridgehead atoms. The molecule has 1 aromatic rings. The molecule has 150 valence electrons. The van der Waals surface area contributed by atoms with Crippen molar-refractivity contribution in [2.24, 2.45) is 5.92 Å². The quantitative estimate of drug-likeness (QED) is 0.764. The van der Waals surface area contributed by atoms with Crippen LogP contribution in [0.3, 0.4) is 0 Å². The normalized spacial score (nSPS) is 27.5. The Labute approximate surface area is 161 Å². The second-order valence-corrected chi connectivity index (χ2v) is 7.37. The molecule has 4 atom stereocenters. The summed E-state index contributed by atoms with van der Waals surface area (Å²) in [7, 11) is 0. The van der Waals surface area contributed by atoms with E-state index in [1.165, 1.54) is 12.8 Å². The van der Waals surface area contributed by atoms with Crippen molar-refractivity contribution in [2.45, 2.75) is 64.2 Å². The van der Waals surface area contributed by atoms with Gasteiger partial charge in [0.05, 0.1) is 25.4 Å². The van der Waals surface area contributed by atoms with Gasteiger partial charge in [-0.1, -0.05) is 18.9 Å². The van der Waals surface area contributed by atoms with E-state index in [4.69, 9.17) is 19.3 Å². The van der Waals surface area contributed by atoms with Crippen molar-refractivity contribution in [2.75, 3.05) is 19.8 Å². The van der Waals surface area contributed by atoms with E-state index < -0.39 is 0 Å². The van der Waals surface area contributed by atoms with Crippen molar-refractivity contribution in [1.29, 1.82) is 0 Å². The molecule has 0 aromatic heterocycles. The highest BCUT2D eigenvalue weighted by atomic mass is 16.5. The predicted octanol–water partition coefficient (Wildman–Crippen LogP) is 2.98.